The number of hydrogen-bond acceptors (Lipinski definition) is 3. The van der Waals surface area contributed by atoms with E-state index in [-0.39, 0.29) is 48.5 Å². The van der Waals surface area contributed by atoms with Crippen molar-refractivity contribution in [1.29, 1.82) is 0 Å². The molecule has 23 heavy (non-hydrogen) atoms. The Balaban J connectivity index is 0.00000264. The van der Waals surface area contributed by atoms with Crippen LogP contribution >= 0.6 is 12.4 Å². The Labute approximate surface area is 140 Å². The quantitative estimate of drug-likeness (QED) is 0.834. The van der Waals surface area contributed by atoms with Gasteiger partial charge >= 0.3 is 0 Å². The molecule has 0 aliphatic carbocycles. The maximum atomic E-state index is 13.1. The van der Waals surface area contributed by atoms with Gasteiger partial charge in [-0.2, -0.15) is 0 Å². The highest BCUT2D eigenvalue weighted by molar-refractivity contribution is 5.98. The van der Waals surface area contributed by atoms with Crippen molar-refractivity contribution < 1.29 is 18.4 Å². The fraction of sp³-hybridized carbons (Fsp3) is 0.500. The van der Waals surface area contributed by atoms with Crippen LogP contribution in [0.5, 0.6) is 0 Å². The fourth-order valence-corrected chi connectivity index (χ4v) is 2.75. The number of piperidine rings is 1. The molecular weight excluding hydrogens is 326 g/mol. The number of benzene rings is 1. The molecule has 1 aliphatic rings. The Morgan fingerprint density at radius 3 is 2.57 bits per heavy atom. The van der Waals surface area contributed by atoms with Crippen LogP contribution in [0.15, 0.2) is 18.2 Å². The van der Waals surface area contributed by atoms with Gasteiger partial charge in [0.2, 0.25) is 5.91 Å². The lowest BCUT2D eigenvalue weighted by molar-refractivity contribution is -0.134. The number of hydrogen-bond donors (Lipinski definition) is 1. The lowest BCUT2D eigenvalue weighted by Gasteiger charge is -2.35. The SMILES string of the molecule is Cl.NCC1CCCCN1C(=O)CCC(=O)c1ccc(F)c(F)c1. The summed E-state index contributed by atoms with van der Waals surface area (Å²) in [6, 6.07) is 3.06. The molecule has 0 aromatic heterocycles. The van der Waals surface area contributed by atoms with Gasteiger partial charge in [0.25, 0.3) is 0 Å². The monoisotopic (exact) mass is 346 g/mol. The van der Waals surface area contributed by atoms with Crippen molar-refractivity contribution >= 4 is 24.1 Å². The summed E-state index contributed by atoms with van der Waals surface area (Å²) in [4.78, 5) is 25.9. The number of halogens is 3. The van der Waals surface area contributed by atoms with Crippen LogP contribution in [0.3, 0.4) is 0 Å². The normalized spacial score (nSPS) is 17.5. The van der Waals surface area contributed by atoms with Gasteiger partial charge in [-0.15, -0.1) is 12.4 Å². The third kappa shape index (κ3) is 4.97. The summed E-state index contributed by atoms with van der Waals surface area (Å²) in [5, 5.41) is 0. The van der Waals surface area contributed by atoms with Crippen LogP contribution in [0.1, 0.15) is 42.5 Å². The summed E-state index contributed by atoms with van der Waals surface area (Å²) in [5.74, 6) is -2.53. The molecule has 0 radical (unpaired) electrons. The van der Waals surface area contributed by atoms with Crippen LogP contribution in [0.2, 0.25) is 0 Å². The predicted octanol–water partition coefficient (Wildman–Crippen LogP) is 2.69. The minimum Gasteiger partial charge on any atom is -0.338 e. The lowest BCUT2D eigenvalue weighted by Crippen LogP contribution is -2.47. The zero-order valence-electron chi connectivity index (χ0n) is 12.8. The van der Waals surface area contributed by atoms with Gasteiger partial charge in [0.05, 0.1) is 0 Å². The molecule has 1 saturated heterocycles. The molecule has 7 heteroatoms. The number of ketones is 1. The van der Waals surface area contributed by atoms with Crippen molar-refractivity contribution in [3.8, 4) is 0 Å². The maximum absolute atomic E-state index is 13.1. The van der Waals surface area contributed by atoms with E-state index in [4.69, 9.17) is 5.73 Å². The Morgan fingerprint density at radius 2 is 1.91 bits per heavy atom. The number of nitrogens with zero attached hydrogens (tertiary/aromatic N) is 1. The van der Waals surface area contributed by atoms with Gasteiger partial charge < -0.3 is 10.6 Å². The number of amides is 1. The largest absolute Gasteiger partial charge is 0.338 e. The highest BCUT2D eigenvalue weighted by atomic mass is 35.5. The van der Waals surface area contributed by atoms with Crippen LogP contribution < -0.4 is 5.73 Å². The zero-order chi connectivity index (χ0) is 16.1. The van der Waals surface area contributed by atoms with Crippen LogP contribution in [-0.2, 0) is 4.79 Å². The second-order valence-electron chi connectivity index (χ2n) is 5.52. The summed E-state index contributed by atoms with van der Waals surface area (Å²) in [6.07, 6.45) is 2.93. The minimum atomic E-state index is -1.06. The number of likely N-dealkylation sites (tertiary alicyclic amines) is 1. The summed E-state index contributed by atoms with van der Waals surface area (Å²) in [6.45, 7) is 1.09. The molecular formula is C16H21ClF2N2O2. The van der Waals surface area contributed by atoms with Crippen LogP contribution in [0.4, 0.5) is 8.78 Å². The molecule has 1 aromatic rings. The topological polar surface area (TPSA) is 63.4 Å². The molecule has 0 bridgehead atoms. The van der Waals surface area contributed by atoms with Crippen molar-refractivity contribution in [2.24, 2.45) is 5.73 Å². The third-order valence-corrected chi connectivity index (χ3v) is 4.03. The van der Waals surface area contributed by atoms with E-state index in [1.54, 1.807) is 4.90 Å². The molecule has 1 heterocycles. The number of Topliss-reactive ketones (excluding diaryl/α,β-unsaturated/α-hetero) is 1. The van der Waals surface area contributed by atoms with Gasteiger partial charge in [0, 0.05) is 37.5 Å². The Hall–Kier alpha value is -1.53. The van der Waals surface area contributed by atoms with E-state index in [1.165, 1.54) is 6.07 Å². The van der Waals surface area contributed by atoms with Crippen molar-refractivity contribution in [3.63, 3.8) is 0 Å². The molecule has 2 rings (SSSR count). The van der Waals surface area contributed by atoms with E-state index in [0.717, 1.165) is 31.4 Å². The molecule has 4 nitrogen and oxygen atoms in total. The summed E-state index contributed by atoms with van der Waals surface area (Å²) < 4.78 is 26.0. The van der Waals surface area contributed by atoms with E-state index in [9.17, 15) is 18.4 Å². The Morgan fingerprint density at radius 1 is 1.17 bits per heavy atom. The maximum Gasteiger partial charge on any atom is 0.223 e. The molecule has 1 unspecified atom stereocenters. The molecule has 128 valence electrons. The summed E-state index contributed by atoms with van der Waals surface area (Å²) in [5.41, 5.74) is 5.76. The second kappa shape index (κ2) is 8.93. The minimum absolute atomic E-state index is 0. The first-order valence-corrected chi connectivity index (χ1v) is 7.50. The van der Waals surface area contributed by atoms with Crippen molar-refractivity contribution in [3.05, 3.63) is 35.4 Å². The number of carbonyl (C=O) groups excluding carboxylic acids is 2. The standard InChI is InChI=1S/C16H20F2N2O2.ClH/c17-13-5-4-11(9-14(13)18)15(21)6-7-16(22)20-8-2-1-3-12(20)10-19;/h4-5,9,12H,1-3,6-8,10,19H2;1H. The Kier molecular flexibility index (Phi) is 7.58. The fourth-order valence-electron chi connectivity index (χ4n) is 2.75. The number of rotatable bonds is 5. The smallest absolute Gasteiger partial charge is 0.223 e. The van der Waals surface area contributed by atoms with E-state index in [1.807, 2.05) is 0 Å². The van der Waals surface area contributed by atoms with Gasteiger partial charge in [-0.25, -0.2) is 8.78 Å². The molecule has 1 atom stereocenters. The molecule has 1 fully saturated rings. The molecule has 0 spiro atoms. The molecule has 1 amide bonds. The van der Waals surface area contributed by atoms with Crippen molar-refractivity contribution in [2.45, 2.75) is 38.1 Å². The van der Waals surface area contributed by atoms with E-state index in [0.29, 0.717) is 13.1 Å². The van der Waals surface area contributed by atoms with E-state index >= 15 is 0 Å². The van der Waals surface area contributed by atoms with Gasteiger partial charge in [-0.05, 0) is 37.5 Å². The average molecular weight is 347 g/mol. The first kappa shape index (κ1) is 19.5. The number of carbonyl (C=O) groups is 2. The molecule has 1 aliphatic heterocycles. The first-order valence-electron chi connectivity index (χ1n) is 7.50. The highest BCUT2D eigenvalue weighted by Crippen LogP contribution is 2.18. The predicted molar refractivity (Wildman–Crippen MR) is 85.6 cm³/mol. The van der Waals surface area contributed by atoms with Crippen LogP contribution in [0.25, 0.3) is 0 Å². The average Bonchev–Trinajstić information content (AvgIpc) is 2.54. The molecule has 2 N–H and O–H groups in total. The highest BCUT2D eigenvalue weighted by Gasteiger charge is 2.25. The van der Waals surface area contributed by atoms with Gasteiger partial charge in [-0.1, -0.05) is 0 Å². The van der Waals surface area contributed by atoms with Crippen molar-refractivity contribution in [2.75, 3.05) is 13.1 Å². The van der Waals surface area contributed by atoms with Crippen molar-refractivity contribution in [1.82, 2.24) is 4.90 Å². The van der Waals surface area contributed by atoms with Gasteiger partial charge in [0.15, 0.2) is 17.4 Å². The summed E-state index contributed by atoms with van der Waals surface area (Å²) >= 11 is 0. The molecule has 1 aromatic carbocycles. The third-order valence-electron chi connectivity index (χ3n) is 4.03. The van der Waals surface area contributed by atoms with Crippen LogP contribution in [0, 0.1) is 11.6 Å². The van der Waals surface area contributed by atoms with E-state index < -0.39 is 11.6 Å². The van der Waals surface area contributed by atoms with Gasteiger partial charge in [0.1, 0.15) is 0 Å². The molecule has 0 saturated carbocycles. The van der Waals surface area contributed by atoms with Crippen LogP contribution in [-0.4, -0.2) is 35.7 Å². The second-order valence-corrected chi connectivity index (χ2v) is 5.52. The first-order chi connectivity index (χ1) is 10.5. The Bertz CT molecular complexity index is 569. The number of nitrogens with two attached hydrogens (primary N) is 1. The summed E-state index contributed by atoms with van der Waals surface area (Å²) in [7, 11) is 0. The van der Waals surface area contributed by atoms with Gasteiger partial charge in [-0.3, -0.25) is 9.59 Å². The zero-order valence-corrected chi connectivity index (χ0v) is 13.6. The lowest BCUT2D eigenvalue weighted by atomic mass is 10.0. The van der Waals surface area contributed by atoms with E-state index in [2.05, 4.69) is 0 Å².